The molecule has 0 aliphatic carbocycles. The van der Waals surface area contributed by atoms with Gasteiger partial charge in [-0.3, -0.25) is 24.1 Å². The molecule has 2 N–H and O–H groups in total. The largest absolute Gasteiger partial charge is 0.454 e. The fraction of sp³-hybridized carbons (Fsp3) is 0.476. The second kappa shape index (κ2) is 10.5. The predicted molar refractivity (Wildman–Crippen MR) is 107 cm³/mol. The number of amides is 4. The molecule has 0 saturated carbocycles. The fourth-order valence-corrected chi connectivity index (χ4v) is 3.03. The zero-order valence-electron chi connectivity index (χ0n) is 17.4. The van der Waals surface area contributed by atoms with Gasteiger partial charge in [-0.05, 0) is 30.9 Å². The molecule has 2 rings (SSSR count). The highest BCUT2D eigenvalue weighted by atomic mass is 16.5. The van der Waals surface area contributed by atoms with Crippen LogP contribution in [0.4, 0.5) is 0 Å². The molecule has 0 unspecified atom stereocenters. The number of nitrogens with zero attached hydrogens (tertiary/aromatic N) is 1. The van der Waals surface area contributed by atoms with E-state index in [0.717, 1.165) is 11.3 Å². The molecule has 0 radical (unpaired) electrons. The summed E-state index contributed by atoms with van der Waals surface area (Å²) in [7, 11) is 0. The highest BCUT2D eigenvalue weighted by Crippen LogP contribution is 2.27. The lowest BCUT2D eigenvalue weighted by Crippen LogP contribution is -2.47. The van der Waals surface area contributed by atoms with Gasteiger partial charge in [-0.25, -0.2) is 4.79 Å². The van der Waals surface area contributed by atoms with E-state index < -0.39 is 36.3 Å². The monoisotopic (exact) mass is 417 g/mol. The van der Waals surface area contributed by atoms with Gasteiger partial charge in [-0.1, -0.05) is 32.9 Å². The lowest BCUT2D eigenvalue weighted by atomic mass is 10.0. The molecular formula is C21H27N3O6. The van der Waals surface area contributed by atoms with Crippen LogP contribution in [0.25, 0.3) is 0 Å². The van der Waals surface area contributed by atoms with Crippen LogP contribution < -0.4 is 10.6 Å². The highest BCUT2D eigenvalue weighted by Gasteiger charge is 2.43. The quantitative estimate of drug-likeness (QED) is 0.431. The average Bonchev–Trinajstić information content (AvgIpc) is 2.97. The van der Waals surface area contributed by atoms with Crippen molar-refractivity contribution in [1.29, 1.82) is 0 Å². The molecule has 0 bridgehead atoms. The van der Waals surface area contributed by atoms with Crippen molar-refractivity contribution in [3.8, 4) is 0 Å². The SMILES string of the molecule is CCCNC(=O)CNC(=O)COC(=O)[C@@H](CC(C)C)N1C(=O)c2ccccc2C1=O. The maximum atomic E-state index is 12.7. The molecule has 1 atom stereocenters. The lowest BCUT2D eigenvalue weighted by Gasteiger charge is -2.25. The molecule has 9 heteroatoms. The maximum absolute atomic E-state index is 12.7. The Bertz CT molecular complexity index is 801. The van der Waals surface area contributed by atoms with Crippen LogP contribution in [0.2, 0.25) is 0 Å². The number of carbonyl (C=O) groups is 5. The number of hydrogen-bond acceptors (Lipinski definition) is 6. The Balaban J connectivity index is 2.00. The third kappa shape index (κ3) is 5.65. The number of benzene rings is 1. The number of ether oxygens (including phenoxy) is 1. The Morgan fingerprint density at radius 2 is 1.60 bits per heavy atom. The van der Waals surface area contributed by atoms with Gasteiger partial charge in [-0.2, -0.15) is 0 Å². The number of esters is 1. The first-order valence-corrected chi connectivity index (χ1v) is 9.93. The van der Waals surface area contributed by atoms with Gasteiger partial charge in [0.25, 0.3) is 17.7 Å². The summed E-state index contributed by atoms with van der Waals surface area (Å²) in [5, 5.41) is 4.96. The summed E-state index contributed by atoms with van der Waals surface area (Å²) >= 11 is 0. The molecule has 30 heavy (non-hydrogen) atoms. The Hall–Kier alpha value is -3.23. The molecule has 1 aliphatic rings. The molecule has 0 saturated heterocycles. The van der Waals surface area contributed by atoms with E-state index in [2.05, 4.69) is 10.6 Å². The number of imide groups is 1. The van der Waals surface area contributed by atoms with E-state index in [1.54, 1.807) is 12.1 Å². The molecule has 162 valence electrons. The minimum atomic E-state index is -1.14. The molecule has 1 aromatic rings. The van der Waals surface area contributed by atoms with Gasteiger partial charge >= 0.3 is 5.97 Å². The Labute approximate surface area is 175 Å². The van der Waals surface area contributed by atoms with Gasteiger partial charge in [0.15, 0.2) is 6.61 Å². The molecule has 0 aromatic heterocycles. The van der Waals surface area contributed by atoms with Crippen molar-refractivity contribution < 1.29 is 28.7 Å². The first kappa shape index (κ1) is 23.1. The number of carbonyl (C=O) groups excluding carboxylic acids is 5. The molecule has 1 aromatic carbocycles. The van der Waals surface area contributed by atoms with E-state index in [9.17, 15) is 24.0 Å². The van der Waals surface area contributed by atoms with Crippen molar-refractivity contribution in [2.45, 2.75) is 39.7 Å². The molecule has 0 spiro atoms. The Kier molecular flexibility index (Phi) is 8.08. The summed E-state index contributed by atoms with van der Waals surface area (Å²) in [6.45, 7) is 5.25. The summed E-state index contributed by atoms with van der Waals surface area (Å²) in [6.07, 6.45) is 0.970. The lowest BCUT2D eigenvalue weighted by molar-refractivity contribution is -0.152. The van der Waals surface area contributed by atoms with E-state index in [1.165, 1.54) is 12.1 Å². The van der Waals surface area contributed by atoms with E-state index in [1.807, 2.05) is 20.8 Å². The Morgan fingerprint density at radius 3 is 2.13 bits per heavy atom. The normalized spacial score (nSPS) is 13.8. The molecule has 0 fully saturated rings. The zero-order chi connectivity index (χ0) is 22.3. The van der Waals surface area contributed by atoms with Gasteiger partial charge in [-0.15, -0.1) is 0 Å². The zero-order valence-corrected chi connectivity index (χ0v) is 17.4. The summed E-state index contributed by atoms with van der Waals surface area (Å²) in [5.41, 5.74) is 0.472. The van der Waals surface area contributed by atoms with Gasteiger partial charge in [0.1, 0.15) is 6.04 Å². The first-order chi connectivity index (χ1) is 14.3. The van der Waals surface area contributed by atoms with Crippen LogP contribution in [0, 0.1) is 5.92 Å². The van der Waals surface area contributed by atoms with Crippen LogP contribution in [0.5, 0.6) is 0 Å². The standard InChI is InChI=1S/C21H27N3O6/c1-4-9-22-17(25)11-23-18(26)12-30-21(29)16(10-13(2)3)24-19(27)14-7-5-6-8-15(14)20(24)28/h5-8,13,16H,4,9-12H2,1-3H3,(H,22,25)(H,23,26)/t16-/m1/s1. The van der Waals surface area contributed by atoms with Crippen LogP contribution in [-0.4, -0.2) is 60.2 Å². The molecule has 4 amide bonds. The molecule has 9 nitrogen and oxygen atoms in total. The average molecular weight is 417 g/mol. The van der Waals surface area contributed by atoms with E-state index in [4.69, 9.17) is 4.74 Å². The smallest absolute Gasteiger partial charge is 0.329 e. The van der Waals surface area contributed by atoms with Gasteiger partial charge in [0.2, 0.25) is 5.91 Å². The third-order valence-electron chi connectivity index (χ3n) is 4.47. The van der Waals surface area contributed by atoms with E-state index >= 15 is 0 Å². The van der Waals surface area contributed by atoms with Gasteiger partial charge in [0.05, 0.1) is 17.7 Å². The van der Waals surface area contributed by atoms with E-state index in [-0.39, 0.29) is 35.9 Å². The van der Waals surface area contributed by atoms with E-state index in [0.29, 0.717) is 6.54 Å². The first-order valence-electron chi connectivity index (χ1n) is 9.93. The van der Waals surface area contributed by atoms with Crippen molar-refractivity contribution in [3.05, 3.63) is 35.4 Å². The molecule has 1 heterocycles. The predicted octanol–water partition coefficient (Wildman–Crippen LogP) is 0.883. The summed E-state index contributed by atoms with van der Waals surface area (Å²) in [6, 6.07) is 5.21. The van der Waals surface area contributed by atoms with Crippen molar-refractivity contribution in [1.82, 2.24) is 15.5 Å². The van der Waals surface area contributed by atoms with Crippen LogP contribution in [0.3, 0.4) is 0 Å². The Morgan fingerprint density at radius 1 is 1.00 bits per heavy atom. The second-order valence-corrected chi connectivity index (χ2v) is 7.41. The van der Waals surface area contributed by atoms with Crippen LogP contribution in [0.15, 0.2) is 24.3 Å². The fourth-order valence-electron chi connectivity index (χ4n) is 3.03. The maximum Gasteiger partial charge on any atom is 0.329 e. The van der Waals surface area contributed by atoms with Crippen LogP contribution >= 0.6 is 0 Å². The van der Waals surface area contributed by atoms with Crippen molar-refractivity contribution >= 4 is 29.6 Å². The van der Waals surface area contributed by atoms with Crippen molar-refractivity contribution in [2.75, 3.05) is 19.7 Å². The van der Waals surface area contributed by atoms with Crippen molar-refractivity contribution in [2.24, 2.45) is 5.92 Å². The summed E-state index contributed by atoms with van der Waals surface area (Å²) in [5.74, 6) is -2.97. The molecule has 1 aliphatic heterocycles. The summed E-state index contributed by atoms with van der Waals surface area (Å²) < 4.78 is 5.06. The minimum absolute atomic E-state index is 0.0112. The minimum Gasteiger partial charge on any atom is -0.454 e. The number of fused-ring (bicyclic) bond motifs is 1. The van der Waals surface area contributed by atoms with Crippen molar-refractivity contribution in [3.63, 3.8) is 0 Å². The molecular weight excluding hydrogens is 390 g/mol. The number of hydrogen-bond donors (Lipinski definition) is 2. The van der Waals surface area contributed by atoms with Crippen LogP contribution in [-0.2, 0) is 19.1 Å². The number of nitrogens with one attached hydrogen (secondary N) is 2. The second-order valence-electron chi connectivity index (χ2n) is 7.41. The number of rotatable bonds is 10. The highest BCUT2D eigenvalue weighted by molar-refractivity contribution is 6.22. The third-order valence-corrected chi connectivity index (χ3v) is 4.47. The summed E-state index contributed by atoms with van der Waals surface area (Å²) in [4.78, 5) is 62.4. The van der Waals surface area contributed by atoms with Gasteiger partial charge < -0.3 is 15.4 Å². The van der Waals surface area contributed by atoms with Gasteiger partial charge in [0, 0.05) is 6.54 Å². The van der Waals surface area contributed by atoms with Crippen LogP contribution in [0.1, 0.15) is 54.3 Å². The topological polar surface area (TPSA) is 122 Å².